The van der Waals surface area contributed by atoms with Gasteiger partial charge in [-0.05, 0) is 25.2 Å². The standard InChI is InChI=1S/C13H18ClN3O2/c1-8(7-15-3)13(19)17-12-6-10(16-9(2)18)4-5-11(12)14/h4-6,8,15H,7H2,1-3H3,(H,16,18)(H,17,19). The van der Waals surface area contributed by atoms with Gasteiger partial charge in [0.25, 0.3) is 0 Å². The van der Waals surface area contributed by atoms with Gasteiger partial charge < -0.3 is 16.0 Å². The third-order valence-electron chi connectivity index (χ3n) is 2.50. The zero-order valence-electron chi connectivity index (χ0n) is 11.2. The van der Waals surface area contributed by atoms with Gasteiger partial charge in [-0.3, -0.25) is 9.59 Å². The second kappa shape index (κ2) is 7.11. The van der Waals surface area contributed by atoms with Crippen molar-refractivity contribution in [2.45, 2.75) is 13.8 Å². The molecule has 1 rings (SSSR count). The molecular formula is C13H18ClN3O2. The molecular weight excluding hydrogens is 266 g/mol. The van der Waals surface area contributed by atoms with Crippen LogP contribution >= 0.6 is 11.6 Å². The first-order valence-corrected chi connectivity index (χ1v) is 6.34. The van der Waals surface area contributed by atoms with E-state index in [0.717, 1.165) is 0 Å². The highest BCUT2D eigenvalue weighted by atomic mass is 35.5. The van der Waals surface area contributed by atoms with Crippen molar-refractivity contribution in [1.82, 2.24) is 5.32 Å². The Labute approximate surface area is 117 Å². The van der Waals surface area contributed by atoms with Gasteiger partial charge in [0.15, 0.2) is 0 Å². The van der Waals surface area contributed by atoms with Crippen LogP contribution in [0.25, 0.3) is 0 Å². The number of carbonyl (C=O) groups is 2. The summed E-state index contributed by atoms with van der Waals surface area (Å²) in [5.41, 5.74) is 1.08. The predicted octanol–water partition coefficient (Wildman–Crippen LogP) is 2.09. The highest BCUT2D eigenvalue weighted by Gasteiger charge is 2.13. The Morgan fingerprint density at radius 2 is 2.00 bits per heavy atom. The molecule has 19 heavy (non-hydrogen) atoms. The first-order chi connectivity index (χ1) is 8.93. The molecule has 0 heterocycles. The Hall–Kier alpha value is -1.59. The van der Waals surface area contributed by atoms with Crippen molar-refractivity contribution >= 4 is 34.8 Å². The number of halogens is 1. The van der Waals surface area contributed by atoms with Crippen molar-refractivity contribution in [3.8, 4) is 0 Å². The Balaban J connectivity index is 2.82. The van der Waals surface area contributed by atoms with E-state index in [-0.39, 0.29) is 17.7 Å². The van der Waals surface area contributed by atoms with Crippen LogP contribution in [-0.2, 0) is 9.59 Å². The van der Waals surface area contributed by atoms with E-state index in [4.69, 9.17) is 11.6 Å². The van der Waals surface area contributed by atoms with Gasteiger partial charge in [0.2, 0.25) is 11.8 Å². The summed E-state index contributed by atoms with van der Waals surface area (Å²) in [6, 6.07) is 4.94. The number of anilines is 2. The Bertz CT molecular complexity index is 477. The first kappa shape index (κ1) is 15.5. The number of benzene rings is 1. The summed E-state index contributed by atoms with van der Waals surface area (Å²) >= 11 is 6.02. The molecule has 104 valence electrons. The number of hydrogen-bond donors (Lipinski definition) is 3. The predicted molar refractivity (Wildman–Crippen MR) is 77.5 cm³/mol. The first-order valence-electron chi connectivity index (χ1n) is 5.96. The topological polar surface area (TPSA) is 70.2 Å². The fraction of sp³-hybridized carbons (Fsp3) is 0.385. The van der Waals surface area contributed by atoms with Crippen LogP contribution in [0.4, 0.5) is 11.4 Å². The van der Waals surface area contributed by atoms with E-state index in [1.807, 2.05) is 6.92 Å². The SMILES string of the molecule is CNCC(C)C(=O)Nc1cc(NC(C)=O)ccc1Cl. The van der Waals surface area contributed by atoms with Crippen LogP contribution < -0.4 is 16.0 Å². The van der Waals surface area contributed by atoms with Gasteiger partial charge in [-0.2, -0.15) is 0 Å². The van der Waals surface area contributed by atoms with Gasteiger partial charge in [-0.15, -0.1) is 0 Å². The van der Waals surface area contributed by atoms with Gasteiger partial charge >= 0.3 is 0 Å². The Morgan fingerprint density at radius 1 is 1.32 bits per heavy atom. The van der Waals surface area contributed by atoms with Crippen LogP contribution in [0.2, 0.25) is 5.02 Å². The second-order valence-electron chi connectivity index (χ2n) is 4.32. The molecule has 0 bridgehead atoms. The van der Waals surface area contributed by atoms with Gasteiger partial charge in [-0.25, -0.2) is 0 Å². The lowest BCUT2D eigenvalue weighted by atomic mass is 10.1. The normalized spacial score (nSPS) is 11.8. The minimum Gasteiger partial charge on any atom is -0.326 e. The average molecular weight is 284 g/mol. The highest BCUT2D eigenvalue weighted by molar-refractivity contribution is 6.33. The molecule has 0 aliphatic rings. The lowest BCUT2D eigenvalue weighted by molar-refractivity contribution is -0.119. The summed E-state index contributed by atoms with van der Waals surface area (Å²) < 4.78 is 0. The lowest BCUT2D eigenvalue weighted by Crippen LogP contribution is -2.28. The highest BCUT2D eigenvalue weighted by Crippen LogP contribution is 2.26. The van der Waals surface area contributed by atoms with Crippen LogP contribution in [0, 0.1) is 5.92 Å². The van der Waals surface area contributed by atoms with E-state index in [2.05, 4.69) is 16.0 Å². The average Bonchev–Trinajstić information content (AvgIpc) is 2.33. The van der Waals surface area contributed by atoms with Gasteiger partial charge in [0.1, 0.15) is 0 Å². The molecule has 0 saturated heterocycles. The molecule has 1 aromatic rings. The Morgan fingerprint density at radius 3 is 2.58 bits per heavy atom. The fourth-order valence-corrected chi connectivity index (χ4v) is 1.72. The zero-order chi connectivity index (χ0) is 14.4. The van der Waals surface area contributed by atoms with Crippen molar-refractivity contribution < 1.29 is 9.59 Å². The van der Waals surface area contributed by atoms with Crippen LogP contribution in [0.3, 0.4) is 0 Å². The van der Waals surface area contributed by atoms with Crippen molar-refractivity contribution in [2.24, 2.45) is 5.92 Å². The lowest BCUT2D eigenvalue weighted by Gasteiger charge is -2.13. The number of amides is 2. The maximum Gasteiger partial charge on any atom is 0.228 e. The van der Waals surface area contributed by atoms with E-state index in [9.17, 15) is 9.59 Å². The molecule has 0 aliphatic carbocycles. The molecule has 0 radical (unpaired) electrons. The van der Waals surface area contributed by atoms with Crippen LogP contribution in [-0.4, -0.2) is 25.4 Å². The minimum absolute atomic E-state index is 0.128. The van der Waals surface area contributed by atoms with Crippen molar-refractivity contribution in [2.75, 3.05) is 24.2 Å². The zero-order valence-corrected chi connectivity index (χ0v) is 12.0. The summed E-state index contributed by atoms with van der Waals surface area (Å²) in [7, 11) is 1.79. The summed E-state index contributed by atoms with van der Waals surface area (Å²) in [5.74, 6) is -0.482. The number of nitrogens with one attached hydrogen (secondary N) is 3. The van der Waals surface area contributed by atoms with E-state index in [1.54, 1.807) is 25.2 Å². The minimum atomic E-state index is -0.178. The quantitative estimate of drug-likeness (QED) is 0.775. The third-order valence-corrected chi connectivity index (χ3v) is 2.83. The molecule has 0 aromatic heterocycles. The molecule has 0 fully saturated rings. The van der Waals surface area contributed by atoms with Crippen LogP contribution in [0.15, 0.2) is 18.2 Å². The Kier molecular flexibility index (Phi) is 5.79. The van der Waals surface area contributed by atoms with E-state index in [0.29, 0.717) is 22.9 Å². The smallest absolute Gasteiger partial charge is 0.228 e. The summed E-state index contributed by atoms with van der Waals surface area (Å²) in [5, 5.41) is 8.75. The van der Waals surface area contributed by atoms with Crippen molar-refractivity contribution in [3.63, 3.8) is 0 Å². The molecule has 1 atom stereocenters. The van der Waals surface area contributed by atoms with Crippen molar-refractivity contribution in [3.05, 3.63) is 23.2 Å². The maximum atomic E-state index is 11.9. The molecule has 5 nitrogen and oxygen atoms in total. The number of carbonyl (C=O) groups excluding carboxylic acids is 2. The van der Waals surface area contributed by atoms with Crippen LogP contribution in [0.1, 0.15) is 13.8 Å². The van der Waals surface area contributed by atoms with Crippen LogP contribution in [0.5, 0.6) is 0 Å². The van der Waals surface area contributed by atoms with Gasteiger partial charge in [0.05, 0.1) is 10.7 Å². The van der Waals surface area contributed by atoms with E-state index >= 15 is 0 Å². The molecule has 2 amide bonds. The third kappa shape index (κ3) is 4.89. The molecule has 0 spiro atoms. The van der Waals surface area contributed by atoms with E-state index < -0.39 is 0 Å². The largest absolute Gasteiger partial charge is 0.326 e. The van der Waals surface area contributed by atoms with Gasteiger partial charge in [0, 0.05) is 25.1 Å². The maximum absolute atomic E-state index is 11.9. The van der Waals surface area contributed by atoms with Crippen molar-refractivity contribution in [1.29, 1.82) is 0 Å². The fourth-order valence-electron chi connectivity index (χ4n) is 1.56. The number of hydrogen-bond acceptors (Lipinski definition) is 3. The molecule has 1 unspecified atom stereocenters. The second-order valence-corrected chi connectivity index (χ2v) is 4.73. The molecule has 6 heteroatoms. The number of rotatable bonds is 5. The monoisotopic (exact) mass is 283 g/mol. The summed E-state index contributed by atoms with van der Waals surface area (Å²) in [4.78, 5) is 22.9. The molecule has 0 saturated carbocycles. The molecule has 1 aromatic carbocycles. The van der Waals surface area contributed by atoms with E-state index in [1.165, 1.54) is 6.92 Å². The molecule has 3 N–H and O–H groups in total. The summed E-state index contributed by atoms with van der Waals surface area (Å²) in [6.07, 6.45) is 0. The molecule has 0 aliphatic heterocycles. The summed E-state index contributed by atoms with van der Waals surface area (Å²) in [6.45, 7) is 3.81. The van der Waals surface area contributed by atoms with Gasteiger partial charge in [-0.1, -0.05) is 18.5 Å².